The van der Waals surface area contributed by atoms with Crippen molar-refractivity contribution in [3.8, 4) is 5.82 Å². The summed E-state index contributed by atoms with van der Waals surface area (Å²) in [5, 5.41) is 0. The van der Waals surface area contributed by atoms with Crippen LogP contribution in [0.25, 0.3) is 5.82 Å². The molecule has 6 nitrogen and oxygen atoms in total. The second-order valence-electron chi connectivity index (χ2n) is 6.78. The van der Waals surface area contributed by atoms with Crippen molar-refractivity contribution in [2.45, 2.75) is 31.7 Å². The molecule has 1 saturated heterocycles. The fourth-order valence-corrected chi connectivity index (χ4v) is 3.71. The molecule has 0 saturated carbocycles. The monoisotopic (exact) mass is 349 g/mol. The first-order valence-corrected chi connectivity index (χ1v) is 9.10. The van der Waals surface area contributed by atoms with Crippen molar-refractivity contribution < 1.29 is 4.79 Å². The number of nitrogens with zero attached hydrogens (tertiary/aromatic N) is 5. The van der Waals surface area contributed by atoms with Crippen LogP contribution in [-0.4, -0.2) is 36.5 Å². The molecule has 1 amide bonds. The van der Waals surface area contributed by atoms with Gasteiger partial charge in [0.1, 0.15) is 12.1 Å². The predicted molar refractivity (Wildman–Crippen MR) is 99.0 cm³/mol. The third-order valence-corrected chi connectivity index (χ3v) is 5.10. The summed E-state index contributed by atoms with van der Waals surface area (Å²) in [4.78, 5) is 23.7. The Hall–Kier alpha value is -2.89. The fourth-order valence-electron chi connectivity index (χ4n) is 3.71. The second-order valence-corrected chi connectivity index (χ2v) is 6.78. The number of imidazole rings is 1. The Morgan fingerprint density at radius 3 is 2.77 bits per heavy atom. The maximum absolute atomic E-state index is 13.2. The van der Waals surface area contributed by atoms with Crippen LogP contribution < -0.4 is 0 Å². The molecule has 26 heavy (non-hydrogen) atoms. The summed E-state index contributed by atoms with van der Waals surface area (Å²) >= 11 is 0. The number of amides is 1. The van der Waals surface area contributed by atoms with E-state index in [1.54, 1.807) is 18.7 Å². The Morgan fingerprint density at radius 2 is 2.08 bits per heavy atom. The molecule has 1 aliphatic heterocycles. The van der Waals surface area contributed by atoms with Gasteiger partial charge in [-0.05, 0) is 37.1 Å². The molecular weight excluding hydrogens is 326 g/mol. The van der Waals surface area contributed by atoms with Crippen LogP contribution in [-0.2, 0) is 7.05 Å². The van der Waals surface area contributed by atoms with Crippen molar-refractivity contribution in [1.29, 1.82) is 0 Å². The Balaban J connectivity index is 1.61. The van der Waals surface area contributed by atoms with Crippen molar-refractivity contribution in [2.24, 2.45) is 7.05 Å². The Bertz CT molecular complexity index is 866. The molecule has 0 radical (unpaired) electrons. The van der Waals surface area contributed by atoms with Crippen LogP contribution in [0.4, 0.5) is 0 Å². The topological polar surface area (TPSA) is 56.0 Å². The van der Waals surface area contributed by atoms with Crippen LogP contribution in [0, 0.1) is 0 Å². The lowest BCUT2D eigenvalue weighted by Crippen LogP contribution is -2.35. The largest absolute Gasteiger partial charge is 0.353 e. The molecule has 0 spiro atoms. The summed E-state index contributed by atoms with van der Waals surface area (Å²) in [6.45, 7) is 0.790. The zero-order valence-electron chi connectivity index (χ0n) is 15.0. The second kappa shape index (κ2) is 7.15. The highest BCUT2D eigenvalue weighted by Crippen LogP contribution is 2.31. The number of carbonyl (C=O) groups excluding carboxylic acids is 1. The highest BCUT2D eigenvalue weighted by atomic mass is 16.2. The minimum Gasteiger partial charge on any atom is -0.353 e. The standard InChI is InChI=1S/C20H23N5O/c1-23-11-5-7-17(23)18-6-3-2-4-12-25(18)20(26)16-8-9-19(22-14-16)24-13-10-21-15-24/h5,7-11,13-15,18H,2-4,6,12H2,1H3/t18-/m1/s1. The van der Waals surface area contributed by atoms with Gasteiger partial charge in [-0.25, -0.2) is 9.97 Å². The molecular formula is C20H23N5O. The van der Waals surface area contributed by atoms with Gasteiger partial charge >= 0.3 is 0 Å². The molecule has 1 fully saturated rings. The van der Waals surface area contributed by atoms with Gasteiger partial charge < -0.3 is 9.47 Å². The van der Waals surface area contributed by atoms with Crippen LogP contribution in [0.15, 0.2) is 55.4 Å². The van der Waals surface area contributed by atoms with Gasteiger partial charge in [-0.1, -0.05) is 12.8 Å². The van der Waals surface area contributed by atoms with E-state index >= 15 is 0 Å². The summed E-state index contributed by atoms with van der Waals surface area (Å²) in [5.74, 6) is 0.816. The predicted octanol–water partition coefficient (Wildman–Crippen LogP) is 3.36. The molecule has 4 heterocycles. The van der Waals surface area contributed by atoms with Crippen LogP contribution >= 0.6 is 0 Å². The van der Waals surface area contributed by atoms with E-state index in [0.29, 0.717) is 5.56 Å². The van der Waals surface area contributed by atoms with E-state index in [2.05, 4.69) is 20.6 Å². The van der Waals surface area contributed by atoms with Gasteiger partial charge in [-0.2, -0.15) is 0 Å². The lowest BCUT2D eigenvalue weighted by molar-refractivity contribution is 0.0674. The molecule has 4 rings (SSSR count). The minimum atomic E-state index is 0.0581. The van der Waals surface area contributed by atoms with Crippen molar-refractivity contribution in [2.75, 3.05) is 6.54 Å². The van der Waals surface area contributed by atoms with Gasteiger partial charge in [0.25, 0.3) is 5.91 Å². The lowest BCUT2D eigenvalue weighted by Gasteiger charge is -2.30. The first-order valence-electron chi connectivity index (χ1n) is 9.10. The van der Waals surface area contributed by atoms with E-state index in [1.807, 2.05) is 47.1 Å². The fraction of sp³-hybridized carbons (Fsp3) is 0.350. The van der Waals surface area contributed by atoms with Gasteiger partial charge in [0.05, 0.1) is 11.6 Å². The van der Waals surface area contributed by atoms with E-state index in [-0.39, 0.29) is 11.9 Å². The zero-order valence-corrected chi connectivity index (χ0v) is 15.0. The number of aryl methyl sites for hydroxylation is 1. The maximum atomic E-state index is 13.2. The summed E-state index contributed by atoms with van der Waals surface area (Å²) in [7, 11) is 2.05. The molecule has 0 bridgehead atoms. The van der Waals surface area contributed by atoms with Gasteiger partial charge in [0, 0.05) is 44.1 Å². The van der Waals surface area contributed by atoms with Gasteiger partial charge in [-0.3, -0.25) is 9.36 Å². The SMILES string of the molecule is Cn1cccc1[C@H]1CCCCCN1C(=O)c1ccc(-n2ccnc2)nc1. The maximum Gasteiger partial charge on any atom is 0.255 e. The molecule has 1 atom stereocenters. The van der Waals surface area contributed by atoms with Crippen molar-refractivity contribution in [3.63, 3.8) is 0 Å². The molecule has 134 valence electrons. The summed E-state index contributed by atoms with van der Waals surface area (Å²) < 4.78 is 3.95. The molecule has 6 heteroatoms. The lowest BCUT2D eigenvalue weighted by atomic mass is 10.1. The number of pyridine rings is 1. The minimum absolute atomic E-state index is 0.0581. The van der Waals surface area contributed by atoms with Crippen LogP contribution in [0.5, 0.6) is 0 Å². The number of hydrogen-bond donors (Lipinski definition) is 0. The summed E-state index contributed by atoms with van der Waals surface area (Å²) in [6.07, 6.45) is 13.3. The van der Waals surface area contributed by atoms with E-state index in [9.17, 15) is 4.79 Å². The van der Waals surface area contributed by atoms with Gasteiger partial charge in [0.15, 0.2) is 0 Å². The molecule has 0 unspecified atom stereocenters. The smallest absolute Gasteiger partial charge is 0.255 e. The number of carbonyl (C=O) groups is 1. The van der Waals surface area contributed by atoms with Crippen LogP contribution in [0.3, 0.4) is 0 Å². The molecule has 3 aromatic heterocycles. The van der Waals surface area contributed by atoms with E-state index in [0.717, 1.165) is 31.6 Å². The normalized spacial score (nSPS) is 17.9. The van der Waals surface area contributed by atoms with Crippen molar-refractivity contribution in [1.82, 2.24) is 24.0 Å². The van der Waals surface area contributed by atoms with Crippen LogP contribution in [0.2, 0.25) is 0 Å². The van der Waals surface area contributed by atoms with E-state index in [4.69, 9.17) is 0 Å². The molecule has 0 aromatic carbocycles. The molecule has 0 N–H and O–H groups in total. The number of rotatable bonds is 3. The van der Waals surface area contributed by atoms with Crippen molar-refractivity contribution in [3.05, 3.63) is 66.6 Å². The van der Waals surface area contributed by atoms with E-state index in [1.165, 1.54) is 12.1 Å². The average Bonchev–Trinajstić information content (AvgIpc) is 3.29. The van der Waals surface area contributed by atoms with Gasteiger partial charge in [0.2, 0.25) is 0 Å². The van der Waals surface area contributed by atoms with Crippen molar-refractivity contribution >= 4 is 5.91 Å². The summed E-state index contributed by atoms with van der Waals surface area (Å²) in [5.41, 5.74) is 1.83. The third-order valence-electron chi connectivity index (χ3n) is 5.10. The third kappa shape index (κ3) is 3.14. The zero-order chi connectivity index (χ0) is 17.9. The van der Waals surface area contributed by atoms with E-state index < -0.39 is 0 Å². The number of hydrogen-bond acceptors (Lipinski definition) is 3. The summed E-state index contributed by atoms with van der Waals surface area (Å²) in [6, 6.07) is 8.02. The van der Waals surface area contributed by atoms with Crippen LogP contribution in [0.1, 0.15) is 47.8 Å². The number of likely N-dealkylation sites (tertiary alicyclic amines) is 1. The molecule has 0 aliphatic carbocycles. The quantitative estimate of drug-likeness (QED) is 0.728. The first-order chi connectivity index (χ1) is 12.7. The first kappa shape index (κ1) is 16.6. The Labute approximate surface area is 153 Å². The Morgan fingerprint density at radius 1 is 1.15 bits per heavy atom. The average molecular weight is 349 g/mol. The molecule has 3 aromatic rings. The highest BCUT2D eigenvalue weighted by molar-refractivity contribution is 5.94. The Kier molecular flexibility index (Phi) is 4.56. The number of aromatic nitrogens is 4. The highest BCUT2D eigenvalue weighted by Gasteiger charge is 2.29. The molecule has 1 aliphatic rings. The van der Waals surface area contributed by atoms with Gasteiger partial charge in [-0.15, -0.1) is 0 Å².